The number of hydrogen-bond acceptors (Lipinski definition) is 4. The summed E-state index contributed by atoms with van der Waals surface area (Å²) in [6.07, 6.45) is 0.540. The highest BCUT2D eigenvalue weighted by molar-refractivity contribution is 6.20. The molecule has 1 aliphatic heterocycles. The predicted molar refractivity (Wildman–Crippen MR) is 95.3 cm³/mol. The van der Waals surface area contributed by atoms with Gasteiger partial charge in [-0.25, -0.2) is 4.79 Å². The van der Waals surface area contributed by atoms with E-state index >= 15 is 0 Å². The van der Waals surface area contributed by atoms with Gasteiger partial charge in [0.15, 0.2) is 0 Å². The van der Waals surface area contributed by atoms with Crippen LogP contribution in [0.15, 0.2) is 66.7 Å². The van der Waals surface area contributed by atoms with E-state index in [0.717, 1.165) is 16.3 Å². The van der Waals surface area contributed by atoms with Crippen LogP contribution >= 0.6 is 0 Å². The van der Waals surface area contributed by atoms with Gasteiger partial charge in [-0.2, -0.15) is 0 Å². The normalized spacial score (nSPS) is 13.2. The predicted octanol–water partition coefficient (Wildman–Crippen LogP) is 3.53. The number of hydroxylamine groups is 2. The molecule has 0 saturated carbocycles. The van der Waals surface area contributed by atoms with E-state index in [2.05, 4.69) is 0 Å². The zero-order valence-corrected chi connectivity index (χ0v) is 13.8. The summed E-state index contributed by atoms with van der Waals surface area (Å²) in [5.74, 6) is -1.83. The summed E-state index contributed by atoms with van der Waals surface area (Å²) in [6.45, 7) is 0. The van der Waals surface area contributed by atoms with E-state index in [1.54, 1.807) is 24.3 Å². The van der Waals surface area contributed by atoms with Gasteiger partial charge in [0.1, 0.15) is 0 Å². The molecule has 3 aromatic rings. The van der Waals surface area contributed by atoms with Gasteiger partial charge < -0.3 is 4.84 Å². The topological polar surface area (TPSA) is 63.7 Å². The molecule has 1 heterocycles. The fourth-order valence-electron chi connectivity index (χ4n) is 3.04. The standard InChI is InChI=1S/C21H15NO4/c23-19(12-10-14-9-11-15-5-1-2-6-16(15)13-14)26-22-20(24)17-7-3-4-8-18(17)21(22)25/h1-9,11,13H,10,12H2. The lowest BCUT2D eigenvalue weighted by Gasteiger charge is -2.12. The molecule has 5 heteroatoms. The number of amides is 2. The largest absolute Gasteiger partial charge is 0.333 e. The number of aryl methyl sites for hydroxylation is 1. The molecule has 128 valence electrons. The molecule has 0 atom stereocenters. The summed E-state index contributed by atoms with van der Waals surface area (Å²) in [6, 6.07) is 20.3. The second-order valence-corrected chi connectivity index (χ2v) is 6.10. The summed E-state index contributed by atoms with van der Waals surface area (Å²) in [5.41, 5.74) is 1.49. The molecule has 0 N–H and O–H groups in total. The molecular formula is C21H15NO4. The SMILES string of the molecule is O=C(CCc1ccc2ccccc2c1)ON1C(=O)c2ccccc2C1=O. The highest BCUT2D eigenvalue weighted by atomic mass is 16.7. The Bertz CT molecular complexity index is 1010. The molecule has 0 spiro atoms. The average molecular weight is 345 g/mol. The van der Waals surface area contributed by atoms with Crippen molar-refractivity contribution < 1.29 is 19.2 Å². The third-order valence-corrected chi connectivity index (χ3v) is 4.38. The van der Waals surface area contributed by atoms with E-state index in [-0.39, 0.29) is 17.5 Å². The molecule has 4 rings (SSSR count). The van der Waals surface area contributed by atoms with Crippen molar-refractivity contribution in [3.63, 3.8) is 0 Å². The van der Waals surface area contributed by atoms with E-state index in [0.29, 0.717) is 11.5 Å². The molecule has 1 aliphatic rings. The van der Waals surface area contributed by atoms with Crippen molar-refractivity contribution in [3.8, 4) is 0 Å². The highest BCUT2D eigenvalue weighted by Gasteiger charge is 2.38. The van der Waals surface area contributed by atoms with Gasteiger partial charge in [-0.3, -0.25) is 9.59 Å². The lowest BCUT2D eigenvalue weighted by molar-refractivity contribution is -0.168. The van der Waals surface area contributed by atoms with E-state index < -0.39 is 17.8 Å². The van der Waals surface area contributed by atoms with Crippen LogP contribution in [0.5, 0.6) is 0 Å². The quantitative estimate of drug-likeness (QED) is 0.679. The Kier molecular flexibility index (Phi) is 3.97. The number of fused-ring (bicyclic) bond motifs is 2. The lowest BCUT2D eigenvalue weighted by atomic mass is 10.0. The van der Waals surface area contributed by atoms with E-state index in [1.165, 1.54) is 0 Å². The fourth-order valence-corrected chi connectivity index (χ4v) is 3.04. The number of benzene rings is 3. The Morgan fingerprint density at radius 1 is 0.808 bits per heavy atom. The first-order valence-corrected chi connectivity index (χ1v) is 8.30. The molecule has 0 radical (unpaired) electrons. The van der Waals surface area contributed by atoms with Gasteiger partial charge in [0.2, 0.25) is 0 Å². The summed E-state index contributed by atoms with van der Waals surface area (Å²) < 4.78 is 0. The second-order valence-electron chi connectivity index (χ2n) is 6.10. The van der Waals surface area contributed by atoms with Crippen LogP contribution in [-0.2, 0) is 16.1 Å². The van der Waals surface area contributed by atoms with E-state index in [9.17, 15) is 14.4 Å². The Hall–Kier alpha value is -3.47. The van der Waals surface area contributed by atoms with Gasteiger partial charge in [0.05, 0.1) is 17.5 Å². The van der Waals surface area contributed by atoms with Crippen LogP contribution in [0.2, 0.25) is 0 Å². The van der Waals surface area contributed by atoms with Gasteiger partial charge in [-0.1, -0.05) is 59.7 Å². The lowest BCUT2D eigenvalue weighted by Crippen LogP contribution is -2.32. The minimum absolute atomic E-state index is 0.0751. The minimum Gasteiger partial charge on any atom is -0.330 e. The van der Waals surface area contributed by atoms with Crippen LogP contribution in [0.25, 0.3) is 10.8 Å². The Morgan fingerprint density at radius 3 is 2.12 bits per heavy atom. The molecule has 3 aromatic carbocycles. The molecule has 2 amide bonds. The van der Waals surface area contributed by atoms with Crippen molar-refractivity contribution in [2.45, 2.75) is 12.8 Å². The number of imide groups is 1. The summed E-state index contributed by atoms with van der Waals surface area (Å²) in [7, 11) is 0. The molecular weight excluding hydrogens is 330 g/mol. The van der Waals surface area contributed by atoms with Crippen molar-refractivity contribution in [3.05, 3.63) is 83.4 Å². The Labute approximate surface area is 149 Å². The van der Waals surface area contributed by atoms with Crippen LogP contribution in [-0.4, -0.2) is 22.8 Å². The monoisotopic (exact) mass is 345 g/mol. The fraction of sp³-hybridized carbons (Fsp3) is 0.0952. The summed E-state index contributed by atoms with van der Waals surface area (Å²) >= 11 is 0. The number of rotatable bonds is 4. The van der Waals surface area contributed by atoms with Crippen molar-refractivity contribution in [1.29, 1.82) is 0 Å². The van der Waals surface area contributed by atoms with E-state index in [4.69, 9.17) is 4.84 Å². The minimum atomic E-state index is -0.618. The summed E-state index contributed by atoms with van der Waals surface area (Å²) in [4.78, 5) is 41.5. The first kappa shape index (κ1) is 16.0. The van der Waals surface area contributed by atoms with Gasteiger partial charge in [-0.15, -0.1) is 0 Å². The number of hydrogen-bond donors (Lipinski definition) is 0. The maximum Gasteiger partial charge on any atom is 0.333 e. The van der Waals surface area contributed by atoms with Gasteiger partial charge in [0, 0.05) is 0 Å². The first-order chi connectivity index (χ1) is 12.6. The number of nitrogens with zero attached hydrogens (tertiary/aromatic N) is 1. The van der Waals surface area contributed by atoms with Crippen LogP contribution < -0.4 is 0 Å². The van der Waals surface area contributed by atoms with Gasteiger partial charge >= 0.3 is 5.97 Å². The van der Waals surface area contributed by atoms with Crippen molar-refractivity contribution >= 4 is 28.6 Å². The molecule has 0 fully saturated rings. The average Bonchev–Trinajstić information content (AvgIpc) is 2.91. The molecule has 0 saturated heterocycles. The van der Waals surface area contributed by atoms with Crippen LogP contribution in [0, 0.1) is 0 Å². The molecule has 26 heavy (non-hydrogen) atoms. The van der Waals surface area contributed by atoms with Gasteiger partial charge in [0.25, 0.3) is 11.8 Å². The third-order valence-electron chi connectivity index (χ3n) is 4.38. The van der Waals surface area contributed by atoms with Crippen LogP contribution in [0.3, 0.4) is 0 Å². The maximum atomic E-state index is 12.2. The van der Waals surface area contributed by atoms with Crippen molar-refractivity contribution in [2.75, 3.05) is 0 Å². The van der Waals surface area contributed by atoms with Crippen LogP contribution in [0.1, 0.15) is 32.7 Å². The Morgan fingerprint density at radius 2 is 1.42 bits per heavy atom. The molecule has 0 aliphatic carbocycles. The first-order valence-electron chi connectivity index (χ1n) is 8.30. The zero-order valence-electron chi connectivity index (χ0n) is 13.8. The smallest absolute Gasteiger partial charge is 0.330 e. The van der Waals surface area contributed by atoms with E-state index in [1.807, 2.05) is 42.5 Å². The molecule has 0 aromatic heterocycles. The van der Waals surface area contributed by atoms with Gasteiger partial charge in [-0.05, 0) is 34.9 Å². The highest BCUT2D eigenvalue weighted by Crippen LogP contribution is 2.23. The third kappa shape index (κ3) is 2.84. The van der Waals surface area contributed by atoms with Crippen molar-refractivity contribution in [2.24, 2.45) is 0 Å². The summed E-state index contributed by atoms with van der Waals surface area (Å²) in [5, 5.41) is 2.77. The maximum absolute atomic E-state index is 12.2. The number of carbonyl (C=O) groups excluding carboxylic acids is 3. The second kappa shape index (κ2) is 6.44. The number of carbonyl (C=O) groups is 3. The molecule has 0 unspecified atom stereocenters. The van der Waals surface area contributed by atoms with Crippen molar-refractivity contribution in [1.82, 2.24) is 5.06 Å². The van der Waals surface area contributed by atoms with Crippen LogP contribution in [0.4, 0.5) is 0 Å². The molecule has 0 bridgehead atoms. The Balaban J connectivity index is 1.41. The molecule has 5 nitrogen and oxygen atoms in total. The zero-order chi connectivity index (χ0) is 18.1.